The number of carbonyl (C=O) groups is 1. The third-order valence-electron chi connectivity index (χ3n) is 4.48. The molecule has 158 valence electrons. The molecule has 0 aliphatic heterocycles. The smallest absolute Gasteiger partial charge is 0.234 e. The molecule has 2 aromatic carbocycles. The number of aromatic nitrogens is 4. The van der Waals surface area contributed by atoms with E-state index in [-0.39, 0.29) is 11.7 Å². The predicted molar refractivity (Wildman–Crippen MR) is 121 cm³/mol. The molecule has 2 aromatic heterocycles. The van der Waals surface area contributed by atoms with Crippen LogP contribution in [0.2, 0.25) is 0 Å². The summed E-state index contributed by atoms with van der Waals surface area (Å²) >= 11 is 1.35. The topological polar surface area (TPSA) is 74.0 Å². The minimum Gasteiger partial charge on any atom is -0.494 e. The molecule has 8 heteroatoms. The van der Waals surface area contributed by atoms with Crippen LogP contribution in [0.5, 0.6) is 5.75 Å². The number of benzene rings is 2. The summed E-state index contributed by atoms with van der Waals surface area (Å²) in [5.74, 6) is 1.69. The fourth-order valence-corrected chi connectivity index (χ4v) is 3.85. The van der Waals surface area contributed by atoms with Gasteiger partial charge in [0.1, 0.15) is 5.75 Å². The molecule has 0 unspecified atom stereocenters. The predicted octanol–water partition coefficient (Wildman–Crippen LogP) is 4.11. The van der Waals surface area contributed by atoms with Gasteiger partial charge in [-0.1, -0.05) is 42.1 Å². The van der Waals surface area contributed by atoms with E-state index in [4.69, 9.17) is 4.74 Å². The molecule has 0 saturated carbocycles. The molecular formula is C23H23N5O2S. The molecule has 0 radical (unpaired) electrons. The highest BCUT2D eigenvalue weighted by Gasteiger charge is 2.16. The van der Waals surface area contributed by atoms with Crippen LogP contribution in [0.4, 0.5) is 5.69 Å². The van der Waals surface area contributed by atoms with Crippen molar-refractivity contribution in [1.29, 1.82) is 0 Å². The Bertz CT molecular complexity index is 1110. The van der Waals surface area contributed by atoms with Gasteiger partial charge in [0.15, 0.2) is 5.82 Å². The van der Waals surface area contributed by atoms with Crippen LogP contribution < -0.4 is 10.1 Å². The molecule has 0 fully saturated rings. The van der Waals surface area contributed by atoms with Crippen LogP contribution in [0.3, 0.4) is 0 Å². The molecule has 4 aromatic rings. The summed E-state index contributed by atoms with van der Waals surface area (Å²) < 4.78 is 9.28. The van der Waals surface area contributed by atoms with E-state index in [0.29, 0.717) is 18.2 Å². The van der Waals surface area contributed by atoms with Gasteiger partial charge in [0.25, 0.3) is 0 Å². The van der Waals surface area contributed by atoms with E-state index < -0.39 is 0 Å². The van der Waals surface area contributed by atoms with E-state index in [1.165, 1.54) is 11.8 Å². The van der Waals surface area contributed by atoms with Crippen molar-refractivity contribution in [1.82, 2.24) is 19.5 Å². The van der Waals surface area contributed by atoms with E-state index in [9.17, 15) is 4.79 Å². The number of hydrogen-bond acceptors (Lipinski definition) is 5. The quantitative estimate of drug-likeness (QED) is 0.402. The van der Waals surface area contributed by atoms with Crippen molar-refractivity contribution in [3.8, 4) is 5.75 Å². The Kier molecular flexibility index (Phi) is 6.68. The van der Waals surface area contributed by atoms with Crippen molar-refractivity contribution in [2.75, 3.05) is 17.7 Å². The largest absolute Gasteiger partial charge is 0.494 e. The molecule has 0 atom stereocenters. The number of anilines is 1. The maximum atomic E-state index is 12.5. The molecular weight excluding hydrogens is 410 g/mol. The minimum absolute atomic E-state index is 0.110. The number of amides is 1. The molecule has 4 rings (SSSR count). The molecule has 0 bridgehead atoms. The van der Waals surface area contributed by atoms with Crippen molar-refractivity contribution in [3.63, 3.8) is 0 Å². The van der Waals surface area contributed by atoms with E-state index in [1.54, 1.807) is 0 Å². The number of thioether (sulfide) groups is 1. The fourth-order valence-electron chi connectivity index (χ4n) is 3.09. The molecule has 0 aliphatic carbocycles. The second kappa shape index (κ2) is 9.99. The number of ether oxygens (including phenoxy) is 1. The Balaban J connectivity index is 1.45. The number of carbonyl (C=O) groups excluding carboxylic acids is 1. The number of nitrogens with zero attached hydrogens (tertiary/aromatic N) is 4. The zero-order valence-electron chi connectivity index (χ0n) is 17.1. The maximum Gasteiger partial charge on any atom is 0.234 e. The van der Waals surface area contributed by atoms with Gasteiger partial charge in [-0.25, -0.2) is 4.68 Å². The summed E-state index contributed by atoms with van der Waals surface area (Å²) in [6.07, 6.45) is 4.51. The standard InChI is InChI=1S/C23H23N5O2S/c1-2-30-20-12-10-19(11-13-20)24-22(29)17-31-23-26-25-21(16-18-8-4-3-5-9-18)28(23)27-14-6-7-15-27/h3-15H,2,16-17H2,1H3,(H,24,29). The molecule has 0 spiro atoms. The van der Waals surface area contributed by atoms with Crippen LogP contribution in [-0.2, 0) is 11.2 Å². The first-order valence-corrected chi connectivity index (χ1v) is 11.0. The van der Waals surface area contributed by atoms with Crippen LogP contribution >= 0.6 is 11.8 Å². The lowest BCUT2D eigenvalue weighted by molar-refractivity contribution is -0.113. The van der Waals surface area contributed by atoms with Gasteiger partial charge in [-0.05, 0) is 48.9 Å². The van der Waals surface area contributed by atoms with Gasteiger partial charge in [-0.2, -0.15) is 0 Å². The zero-order valence-corrected chi connectivity index (χ0v) is 18.0. The summed E-state index contributed by atoms with van der Waals surface area (Å²) in [5, 5.41) is 12.3. The fraction of sp³-hybridized carbons (Fsp3) is 0.174. The van der Waals surface area contributed by atoms with Crippen LogP contribution in [0.25, 0.3) is 0 Å². The Morgan fingerprint density at radius 1 is 1.00 bits per heavy atom. The normalized spacial score (nSPS) is 10.7. The van der Waals surface area contributed by atoms with Crippen LogP contribution in [0.15, 0.2) is 84.3 Å². The molecule has 0 aliphatic rings. The first kappa shape index (κ1) is 20.7. The second-order valence-corrected chi connectivity index (χ2v) is 7.67. The summed E-state index contributed by atoms with van der Waals surface area (Å²) in [6.45, 7) is 2.54. The van der Waals surface area contributed by atoms with Gasteiger partial charge >= 0.3 is 0 Å². The lowest BCUT2D eigenvalue weighted by Gasteiger charge is -2.11. The van der Waals surface area contributed by atoms with Crippen LogP contribution in [-0.4, -0.2) is 37.8 Å². The maximum absolute atomic E-state index is 12.5. The molecule has 1 N–H and O–H groups in total. The van der Waals surface area contributed by atoms with E-state index in [0.717, 1.165) is 22.8 Å². The Morgan fingerprint density at radius 3 is 2.45 bits per heavy atom. The second-order valence-electron chi connectivity index (χ2n) is 6.73. The Hall–Kier alpha value is -3.52. The number of nitrogens with one attached hydrogen (secondary N) is 1. The minimum atomic E-state index is -0.110. The summed E-state index contributed by atoms with van der Waals surface area (Å²) in [6, 6.07) is 21.3. The Morgan fingerprint density at radius 2 is 1.74 bits per heavy atom. The van der Waals surface area contributed by atoms with Crippen LogP contribution in [0.1, 0.15) is 18.3 Å². The lowest BCUT2D eigenvalue weighted by atomic mass is 10.1. The van der Waals surface area contributed by atoms with Gasteiger partial charge < -0.3 is 10.1 Å². The van der Waals surface area contributed by atoms with E-state index in [2.05, 4.69) is 27.6 Å². The van der Waals surface area contributed by atoms with E-state index >= 15 is 0 Å². The zero-order chi connectivity index (χ0) is 21.5. The van der Waals surface area contributed by atoms with Gasteiger partial charge in [0.2, 0.25) is 11.1 Å². The van der Waals surface area contributed by atoms with Crippen LogP contribution in [0, 0.1) is 0 Å². The summed E-state index contributed by atoms with van der Waals surface area (Å²) in [7, 11) is 0. The Labute approximate surface area is 185 Å². The lowest BCUT2D eigenvalue weighted by Crippen LogP contribution is -2.16. The van der Waals surface area contributed by atoms with Crippen molar-refractivity contribution in [3.05, 3.63) is 90.5 Å². The average molecular weight is 434 g/mol. The van der Waals surface area contributed by atoms with E-state index in [1.807, 2.05) is 83.3 Å². The van der Waals surface area contributed by atoms with Crippen molar-refractivity contribution in [2.45, 2.75) is 18.5 Å². The highest BCUT2D eigenvalue weighted by atomic mass is 32.2. The van der Waals surface area contributed by atoms with Gasteiger partial charge in [-0.3, -0.25) is 9.47 Å². The molecule has 2 heterocycles. The molecule has 0 saturated heterocycles. The summed E-state index contributed by atoms with van der Waals surface area (Å²) in [4.78, 5) is 12.5. The third-order valence-corrected chi connectivity index (χ3v) is 5.40. The number of hydrogen-bond donors (Lipinski definition) is 1. The van der Waals surface area contributed by atoms with Crippen molar-refractivity contribution in [2.24, 2.45) is 0 Å². The highest BCUT2D eigenvalue weighted by Crippen LogP contribution is 2.21. The number of rotatable bonds is 9. The first-order valence-electron chi connectivity index (χ1n) is 10.0. The van der Waals surface area contributed by atoms with Crippen molar-refractivity contribution >= 4 is 23.4 Å². The average Bonchev–Trinajstić information content (AvgIpc) is 3.44. The monoisotopic (exact) mass is 433 g/mol. The summed E-state index contributed by atoms with van der Waals surface area (Å²) in [5.41, 5.74) is 1.87. The van der Waals surface area contributed by atoms with Crippen molar-refractivity contribution < 1.29 is 9.53 Å². The SMILES string of the molecule is CCOc1ccc(NC(=O)CSc2nnc(Cc3ccccc3)n2-n2cccc2)cc1. The molecule has 7 nitrogen and oxygen atoms in total. The van der Waals surface area contributed by atoms with Gasteiger partial charge in [-0.15, -0.1) is 10.2 Å². The van der Waals surface area contributed by atoms with Gasteiger partial charge in [0, 0.05) is 24.5 Å². The highest BCUT2D eigenvalue weighted by molar-refractivity contribution is 7.99. The molecule has 31 heavy (non-hydrogen) atoms. The third kappa shape index (κ3) is 5.35. The van der Waals surface area contributed by atoms with Gasteiger partial charge in [0.05, 0.1) is 12.4 Å². The molecule has 1 amide bonds. The first-order chi connectivity index (χ1) is 15.2.